The normalized spacial score (nSPS) is 17.1. The van der Waals surface area contributed by atoms with Crippen LogP contribution < -0.4 is 0 Å². The molecule has 3 rings (SSSR count). The first kappa shape index (κ1) is 20.3. The summed E-state index contributed by atoms with van der Waals surface area (Å²) in [5.74, 6) is 1.17. The van der Waals surface area contributed by atoms with E-state index < -0.39 is 0 Å². The third-order valence-electron chi connectivity index (χ3n) is 5.36. The van der Waals surface area contributed by atoms with Gasteiger partial charge in [-0.15, -0.1) is 0 Å². The van der Waals surface area contributed by atoms with Crippen LogP contribution in [-0.2, 0) is 6.54 Å². The summed E-state index contributed by atoms with van der Waals surface area (Å²) < 4.78 is 2.23. The van der Waals surface area contributed by atoms with Gasteiger partial charge in [0, 0.05) is 43.5 Å². The zero-order valence-electron chi connectivity index (χ0n) is 17.1. The average Bonchev–Trinajstić information content (AvgIpc) is 3.15. The van der Waals surface area contributed by atoms with E-state index in [0.29, 0.717) is 17.7 Å². The molecule has 0 aliphatic carbocycles. The summed E-state index contributed by atoms with van der Waals surface area (Å²) in [4.78, 5) is 33.7. The molecule has 0 spiro atoms. The Morgan fingerprint density at radius 3 is 2.68 bits per heavy atom. The SMILES string of the molecule is CC(=O)c1ccccc1C(=O)N1CCCC(c2nccn2CCCN(C)C)C1. The smallest absolute Gasteiger partial charge is 0.254 e. The van der Waals surface area contributed by atoms with Gasteiger partial charge < -0.3 is 14.4 Å². The van der Waals surface area contributed by atoms with Gasteiger partial charge in [0.05, 0.1) is 5.56 Å². The predicted octanol–water partition coefficient (Wildman–Crippen LogP) is 3.06. The van der Waals surface area contributed by atoms with Crippen molar-refractivity contribution in [3.8, 4) is 0 Å². The fourth-order valence-corrected chi connectivity index (χ4v) is 3.95. The fourth-order valence-electron chi connectivity index (χ4n) is 3.95. The molecule has 0 N–H and O–H groups in total. The molecule has 150 valence electrons. The highest BCUT2D eigenvalue weighted by Crippen LogP contribution is 2.27. The van der Waals surface area contributed by atoms with Gasteiger partial charge in [0.1, 0.15) is 5.82 Å². The summed E-state index contributed by atoms with van der Waals surface area (Å²) in [6, 6.07) is 7.11. The van der Waals surface area contributed by atoms with E-state index in [1.54, 1.807) is 18.2 Å². The molecule has 1 aromatic carbocycles. The number of carbonyl (C=O) groups is 2. The van der Waals surface area contributed by atoms with Gasteiger partial charge in [-0.25, -0.2) is 4.98 Å². The lowest BCUT2D eigenvalue weighted by atomic mass is 9.95. The molecule has 28 heavy (non-hydrogen) atoms. The van der Waals surface area contributed by atoms with Gasteiger partial charge >= 0.3 is 0 Å². The van der Waals surface area contributed by atoms with Crippen LogP contribution in [0.25, 0.3) is 0 Å². The molecule has 0 radical (unpaired) electrons. The largest absolute Gasteiger partial charge is 0.338 e. The minimum absolute atomic E-state index is 0.0544. The van der Waals surface area contributed by atoms with E-state index in [4.69, 9.17) is 0 Å². The molecule has 2 heterocycles. The molecule has 1 aromatic heterocycles. The van der Waals surface area contributed by atoms with Crippen LogP contribution in [0.2, 0.25) is 0 Å². The number of piperidine rings is 1. The number of imidazole rings is 1. The summed E-state index contributed by atoms with van der Waals surface area (Å²) in [6.07, 6.45) is 6.94. The van der Waals surface area contributed by atoms with Gasteiger partial charge in [-0.1, -0.05) is 18.2 Å². The van der Waals surface area contributed by atoms with Gasteiger partial charge in [-0.2, -0.15) is 0 Å². The molecule has 6 nitrogen and oxygen atoms in total. The van der Waals surface area contributed by atoms with E-state index in [2.05, 4.69) is 28.5 Å². The Hall–Kier alpha value is -2.47. The number of nitrogens with zero attached hydrogens (tertiary/aromatic N) is 4. The Morgan fingerprint density at radius 1 is 1.21 bits per heavy atom. The molecule has 6 heteroatoms. The van der Waals surface area contributed by atoms with Gasteiger partial charge in [-0.05, 0) is 52.9 Å². The predicted molar refractivity (Wildman–Crippen MR) is 110 cm³/mol. The highest BCUT2D eigenvalue weighted by atomic mass is 16.2. The van der Waals surface area contributed by atoms with Crippen LogP contribution >= 0.6 is 0 Å². The Balaban J connectivity index is 1.72. The van der Waals surface area contributed by atoms with Crippen molar-refractivity contribution in [3.63, 3.8) is 0 Å². The van der Waals surface area contributed by atoms with Crippen molar-refractivity contribution in [3.05, 3.63) is 53.6 Å². The van der Waals surface area contributed by atoms with Gasteiger partial charge in [-0.3, -0.25) is 9.59 Å². The molecule has 1 saturated heterocycles. The lowest BCUT2D eigenvalue weighted by Crippen LogP contribution is -2.40. The lowest BCUT2D eigenvalue weighted by Gasteiger charge is -2.33. The Kier molecular flexibility index (Phi) is 6.62. The second-order valence-electron chi connectivity index (χ2n) is 7.83. The topological polar surface area (TPSA) is 58.4 Å². The van der Waals surface area contributed by atoms with E-state index in [9.17, 15) is 9.59 Å². The summed E-state index contributed by atoms with van der Waals surface area (Å²) in [6.45, 7) is 4.86. The van der Waals surface area contributed by atoms with E-state index in [-0.39, 0.29) is 17.6 Å². The van der Waals surface area contributed by atoms with Crippen molar-refractivity contribution < 1.29 is 9.59 Å². The van der Waals surface area contributed by atoms with Crippen LogP contribution in [0.4, 0.5) is 0 Å². The van der Waals surface area contributed by atoms with Crippen LogP contribution in [0.15, 0.2) is 36.7 Å². The third-order valence-corrected chi connectivity index (χ3v) is 5.36. The summed E-state index contributed by atoms with van der Waals surface area (Å²) in [7, 11) is 4.16. The van der Waals surface area contributed by atoms with Crippen LogP contribution in [-0.4, -0.2) is 64.8 Å². The minimum Gasteiger partial charge on any atom is -0.338 e. The summed E-state index contributed by atoms with van der Waals surface area (Å²) in [5, 5.41) is 0. The maximum atomic E-state index is 13.1. The molecular weight excluding hydrogens is 352 g/mol. The molecule has 1 aliphatic rings. The standard InChI is InChI=1S/C22H30N4O2/c1-17(27)19-9-4-5-10-20(19)22(28)26-13-6-8-18(16-26)21-23-11-15-25(21)14-7-12-24(2)3/h4-5,9-11,15,18H,6-8,12-14,16H2,1-3H3. The quantitative estimate of drug-likeness (QED) is 0.691. The Bertz CT molecular complexity index is 827. The maximum Gasteiger partial charge on any atom is 0.254 e. The first-order valence-electron chi connectivity index (χ1n) is 10.0. The van der Waals surface area contributed by atoms with Gasteiger partial charge in [0.2, 0.25) is 0 Å². The molecule has 1 fully saturated rings. The number of benzene rings is 1. The number of aryl methyl sites for hydroxylation is 1. The molecule has 1 aliphatic heterocycles. The second-order valence-corrected chi connectivity index (χ2v) is 7.83. The molecule has 1 atom stereocenters. The van der Waals surface area contributed by atoms with Crippen LogP contribution in [0.5, 0.6) is 0 Å². The number of rotatable bonds is 7. The number of Topliss-reactive ketones (excluding diaryl/α,β-unsaturated/α-hetero) is 1. The minimum atomic E-state index is -0.0751. The molecule has 2 aromatic rings. The first-order chi connectivity index (χ1) is 13.5. The number of hydrogen-bond acceptors (Lipinski definition) is 4. The van der Waals surface area contributed by atoms with Crippen molar-refractivity contribution in [2.45, 2.75) is 38.6 Å². The molecule has 0 saturated carbocycles. The van der Waals surface area contributed by atoms with Crippen molar-refractivity contribution in [1.82, 2.24) is 19.4 Å². The number of carbonyl (C=O) groups excluding carboxylic acids is 2. The number of aromatic nitrogens is 2. The molecular formula is C22H30N4O2. The Morgan fingerprint density at radius 2 is 1.96 bits per heavy atom. The van der Waals surface area contributed by atoms with E-state index >= 15 is 0 Å². The van der Waals surface area contributed by atoms with E-state index in [1.165, 1.54) is 6.92 Å². The molecule has 1 unspecified atom stereocenters. The number of ketones is 1. The average molecular weight is 383 g/mol. The summed E-state index contributed by atoms with van der Waals surface area (Å²) in [5.41, 5.74) is 1.00. The van der Waals surface area contributed by atoms with Crippen LogP contribution in [0.3, 0.4) is 0 Å². The second kappa shape index (κ2) is 9.15. The maximum absolute atomic E-state index is 13.1. The number of hydrogen-bond donors (Lipinski definition) is 0. The third kappa shape index (κ3) is 4.68. The van der Waals surface area contributed by atoms with Crippen molar-refractivity contribution in [2.75, 3.05) is 33.7 Å². The van der Waals surface area contributed by atoms with Crippen molar-refractivity contribution in [2.24, 2.45) is 0 Å². The molecule has 0 bridgehead atoms. The Labute approximate surface area is 167 Å². The summed E-state index contributed by atoms with van der Waals surface area (Å²) >= 11 is 0. The number of likely N-dealkylation sites (tertiary alicyclic amines) is 1. The van der Waals surface area contributed by atoms with Gasteiger partial charge in [0.25, 0.3) is 5.91 Å². The van der Waals surface area contributed by atoms with Crippen molar-refractivity contribution >= 4 is 11.7 Å². The van der Waals surface area contributed by atoms with Crippen molar-refractivity contribution in [1.29, 1.82) is 0 Å². The van der Waals surface area contributed by atoms with E-state index in [1.807, 2.05) is 23.4 Å². The van der Waals surface area contributed by atoms with Crippen LogP contribution in [0.1, 0.15) is 58.6 Å². The molecule has 1 amide bonds. The first-order valence-corrected chi connectivity index (χ1v) is 10.0. The highest BCUT2D eigenvalue weighted by molar-refractivity contribution is 6.07. The zero-order chi connectivity index (χ0) is 20.1. The highest BCUT2D eigenvalue weighted by Gasteiger charge is 2.29. The lowest BCUT2D eigenvalue weighted by molar-refractivity contribution is 0.0699. The monoisotopic (exact) mass is 382 g/mol. The fraction of sp³-hybridized carbons (Fsp3) is 0.500. The number of amides is 1. The zero-order valence-corrected chi connectivity index (χ0v) is 17.1. The van der Waals surface area contributed by atoms with Crippen LogP contribution in [0, 0.1) is 0 Å². The van der Waals surface area contributed by atoms with E-state index in [0.717, 1.165) is 44.7 Å². The van der Waals surface area contributed by atoms with Gasteiger partial charge in [0.15, 0.2) is 5.78 Å².